The highest BCUT2D eigenvalue weighted by molar-refractivity contribution is 5.91. The van der Waals surface area contributed by atoms with E-state index in [0.717, 1.165) is 12.1 Å². The van der Waals surface area contributed by atoms with E-state index in [1.54, 1.807) is 12.1 Å². The Labute approximate surface area is 125 Å². The van der Waals surface area contributed by atoms with Gasteiger partial charge in [-0.05, 0) is 44.2 Å². The predicted octanol–water partition coefficient (Wildman–Crippen LogP) is 3.05. The fourth-order valence-corrected chi connectivity index (χ4v) is 2.01. The zero-order valence-electron chi connectivity index (χ0n) is 12.8. The van der Waals surface area contributed by atoms with Crippen LogP contribution in [0.5, 0.6) is 0 Å². The normalized spacial score (nSPS) is 11.1. The Morgan fingerprint density at radius 1 is 1.19 bits per heavy atom. The van der Waals surface area contributed by atoms with Gasteiger partial charge in [0.15, 0.2) is 5.76 Å². The molecular weight excluding hydrogens is 264 g/mol. The van der Waals surface area contributed by atoms with Crippen LogP contribution in [0.1, 0.15) is 35.5 Å². The second-order valence-electron chi connectivity index (χ2n) is 5.44. The van der Waals surface area contributed by atoms with Gasteiger partial charge in [-0.3, -0.25) is 9.69 Å². The predicted molar refractivity (Wildman–Crippen MR) is 82.9 cm³/mol. The van der Waals surface area contributed by atoms with Gasteiger partial charge in [-0.2, -0.15) is 0 Å². The number of nitrogens with one attached hydrogen (secondary N) is 1. The average molecular weight is 286 g/mol. The monoisotopic (exact) mass is 286 g/mol. The van der Waals surface area contributed by atoms with Crippen LogP contribution in [0, 0.1) is 0 Å². The summed E-state index contributed by atoms with van der Waals surface area (Å²) in [6, 6.07) is 12.0. The zero-order valence-corrected chi connectivity index (χ0v) is 12.8. The number of nitrogens with zero attached hydrogens (tertiary/aromatic N) is 1. The minimum atomic E-state index is -0.188. The van der Waals surface area contributed by atoms with Crippen LogP contribution in [0.3, 0.4) is 0 Å². The Kier molecular flexibility index (Phi) is 5.17. The fourth-order valence-electron chi connectivity index (χ4n) is 2.01. The highest BCUT2D eigenvalue weighted by Gasteiger charge is 2.11. The molecule has 1 amide bonds. The summed E-state index contributed by atoms with van der Waals surface area (Å²) in [5, 5.41) is 2.89. The summed E-state index contributed by atoms with van der Waals surface area (Å²) in [6.07, 6.45) is 1.50. The quantitative estimate of drug-likeness (QED) is 0.887. The summed E-state index contributed by atoms with van der Waals surface area (Å²) in [4.78, 5) is 14.2. The molecule has 0 atom stereocenters. The third-order valence-electron chi connectivity index (χ3n) is 3.60. The maximum absolute atomic E-state index is 11.9. The van der Waals surface area contributed by atoms with Crippen molar-refractivity contribution in [2.24, 2.45) is 0 Å². The summed E-state index contributed by atoms with van der Waals surface area (Å²) in [7, 11) is 2.10. The highest BCUT2D eigenvalue weighted by atomic mass is 16.3. The lowest BCUT2D eigenvalue weighted by Gasteiger charge is -2.22. The van der Waals surface area contributed by atoms with Crippen LogP contribution in [-0.2, 0) is 13.1 Å². The molecule has 4 heteroatoms. The number of hydrogen-bond donors (Lipinski definition) is 1. The van der Waals surface area contributed by atoms with E-state index in [-0.39, 0.29) is 5.91 Å². The molecule has 0 spiro atoms. The van der Waals surface area contributed by atoms with Gasteiger partial charge in [-0.15, -0.1) is 0 Å². The molecule has 21 heavy (non-hydrogen) atoms. The van der Waals surface area contributed by atoms with Crippen molar-refractivity contribution in [2.45, 2.75) is 33.0 Å². The number of rotatable bonds is 6. The summed E-state index contributed by atoms with van der Waals surface area (Å²) in [6.45, 7) is 5.70. The van der Waals surface area contributed by atoms with E-state index in [4.69, 9.17) is 4.42 Å². The fraction of sp³-hybridized carbons (Fsp3) is 0.353. The lowest BCUT2D eigenvalue weighted by Crippen LogP contribution is -2.27. The van der Waals surface area contributed by atoms with Crippen molar-refractivity contribution >= 4 is 5.91 Å². The number of benzene rings is 1. The first-order valence-electron chi connectivity index (χ1n) is 7.16. The first kappa shape index (κ1) is 15.3. The minimum Gasteiger partial charge on any atom is -0.459 e. The molecular formula is C17H22N2O2. The molecule has 0 aliphatic heterocycles. The van der Waals surface area contributed by atoms with Crippen LogP contribution in [0.25, 0.3) is 0 Å². The Balaban J connectivity index is 2.01. The van der Waals surface area contributed by atoms with Crippen molar-refractivity contribution in [1.82, 2.24) is 10.2 Å². The molecule has 0 fully saturated rings. The smallest absolute Gasteiger partial charge is 0.287 e. The minimum absolute atomic E-state index is 0.188. The third kappa shape index (κ3) is 4.20. The van der Waals surface area contributed by atoms with E-state index in [2.05, 4.69) is 37.2 Å². The van der Waals surface area contributed by atoms with Crippen LogP contribution < -0.4 is 5.32 Å². The number of hydrogen-bond acceptors (Lipinski definition) is 3. The second-order valence-corrected chi connectivity index (χ2v) is 5.44. The van der Waals surface area contributed by atoms with Crippen LogP contribution in [0.15, 0.2) is 47.1 Å². The molecule has 1 heterocycles. The summed E-state index contributed by atoms with van der Waals surface area (Å²) < 4.78 is 5.09. The Morgan fingerprint density at radius 3 is 2.52 bits per heavy atom. The average Bonchev–Trinajstić information content (AvgIpc) is 3.00. The lowest BCUT2D eigenvalue weighted by atomic mass is 10.1. The van der Waals surface area contributed by atoms with E-state index < -0.39 is 0 Å². The molecule has 0 saturated heterocycles. The van der Waals surface area contributed by atoms with Gasteiger partial charge in [-0.25, -0.2) is 0 Å². The van der Waals surface area contributed by atoms with Crippen molar-refractivity contribution < 1.29 is 9.21 Å². The number of carbonyl (C=O) groups is 1. The van der Waals surface area contributed by atoms with Gasteiger partial charge in [0, 0.05) is 19.1 Å². The highest BCUT2D eigenvalue weighted by Crippen LogP contribution is 2.13. The van der Waals surface area contributed by atoms with Gasteiger partial charge in [0.05, 0.1) is 6.26 Å². The van der Waals surface area contributed by atoms with Gasteiger partial charge in [0.2, 0.25) is 0 Å². The van der Waals surface area contributed by atoms with E-state index in [1.807, 2.05) is 18.2 Å². The summed E-state index contributed by atoms with van der Waals surface area (Å²) >= 11 is 0. The summed E-state index contributed by atoms with van der Waals surface area (Å²) in [5.74, 6) is 0.152. The van der Waals surface area contributed by atoms with E-state index in [1.165, 1.54) is 11.8 Å². The van der Waals surface area contributed by atoms with Gasteiger partial charge >= 0.3 is 0 Å². The van der Waals surface area contributed by atoms with Crippen LogP contribution in [0.4, 0.5) is 0 Å². The molecule has 0 unspecified atom stereocenters. The standard InChI is InChI=1S/C17H22N2O2/c1-13(2)19(3)12-15-8-5-4-7-14(15)11-18-17(20)16-9-6-10-21-16/h4-10,13H,11-12H2,1-3H3,(H,18,20). The first-order chi connectivity index (χ1) is 10.1. The molecule has 0 saturated carbocycles. The van der Waals surface area contributed by atoms with E-state index in [9.17, 15) is 4.79 Å². The Hall–Kier alpha value is -2.07. The van der Waals surface area contributed by atoms with Gasteiger partial charge in [-0.1, -0.05) is 24.3 Å². The molecule has 1 aromatic heterocycles. The second kappa shape index (κ2) is 7.09. The molecule has 0 aliphatic carbocycles. The van der Waals surface area contributed by atoms with Crippen LogP contribution >= 0.6 is 0 Å². The maximum atomic E-state index is 11.9. The maximum Gasteiger partial charge on any atom is 0.287 e. The zero-order chi connectivity index (χ0) is 15.2. The Bertz CT molecular complexity index is 576. The number of furan rings is 1. The van der Waals surface area contributed by atoms with Crippen LogP contribution in [-0.4, -0.2) is 23.9 Å². The van der Waals surface area contributed by atoms with Crippen molar-refractivity contribution in [3.63, 3.8) is 0 Å². The van der Waals surface area contributed by atoms with Crippen molar-refractivity contribution in [3.8, 4) is 0 Å². The number of amides is 1. The summed E-state index contributed by atoms with van der Waals surface area (Å²) in [5.41, 5.74) is 2.36. The van der Waals surface area contributed by atoms with Crippen molar-refractivity contribution in [1.29, 1.82) is 0 Å². The molecule has 1 aromatic carbocycles. The molecule has 4 nitrogen and oxygen atoms in total. The lowest BCUT2D eigenvalue weighted by molar-refractivity contribution is 0.0923. The first-order valence-corrected chi connectivity index (χ1v) is 7.16. The molecule has 1 N–H and O–H groups in total. The van der Waals surface area contributed by atoms with Gasteiger partial charge in [0.1, 0.15) is 0 Å². The molecule has 0 radical (unpaired) electrons. The van der Waals surface area contributed by atoms with Crippen molar-refractivity contribution in [2.75, 3.05) is 7.05 Å². The van der Waals surface area contributed by atoms with Gasteiger partial charge in [0.25, 0.3) is 5.91 Å². The molecule has 2 aromatic rings. The molecule has 0 aliphatic rings. The topological polar surface area (TPSA) is 45.5 Å². The SMILES string of the molecule is CC(C)N(C)Cc1ccccc1CNC(=O)c1ccco1. The molecule has 112 valence electrons. The molecule has 0 bridgehead atoms. The van der Waals surface area contributed by atoms with E-state index in [0.29, 0.717) is 18.3 Å². The third-order valence-corrected chi connectivity index (χ3v) is 3.60. The van der Waals surface area contributed by atoms with Crippen molar-refractivity contribution in [3.05, 3.63) is 59.5 Å². The van der Waals surface area contributed by atoms with Crippen LogP contribution in [0.2, 0.25) is 0 Å². The Morgan fingerprint density at radius 2 is 1.90 bits per heavy atom. The van der Waals surface area contributed by atoms with Gasteiger partial charge < -0.3 is 9.73 Å². The van der Waals surface area contributed by atoms with E-state index >= 15 is 0 Å². The number of carbonyl (C=O) groups excluding carboxylic acids is 1. The largest absolute Gasteiger partial charge is 0.459 e. The molecule has 2 rings (SSSR count).